The van der Waals surface area contributed by atoms with E-state index in [4.69, 9.17) is 0 Å². The van der Waals surface area contributed by atoms with Crippen molar-refractivity contribution in [3.63, 3.8) is 0 Å². The van der Waals surface area contributed by atoms with Crippen LogP contribution in [0.3, 0.4) is 0 Å². The van der Waals surface area contributed by atoms with Crippen molar-refractivity contribution < 1.29 is 0 Å². The van der Waals surface area contributed by atoms with E-state index in [1.54, 1.807) is 0 Å². The summed E-state index contributed by atoms with van der Waals surface area (Å²) in [6.07, 6.45) is 0. The van der Waals surface area contributed by atoms with Crippen molar-refractivity contribution in [3.8, 4) is 72.4 Å². The monoisotopic (exact) mass is 1010 g/mol. The van der Waals surface area contributed by atoms with Gasteiger partial charge in [0.05, 0.1) is 11.0 Å². The van der Waals surface area contributed by atoms with Crippen LogP contribution in [0.15, 0.2) is 273 Å². The Hall–Kier alpha value is -9.38. The predicted octanol–water partition coefficient (Wildman–Crippen LogP) is 21.8. The third-order valence-electron chi connectivity index (χ3n) is 16.0. The zero-order chi connectivity index (χ0) is 50.6. The third-order valence-corrected chi connectivity index (χ3v) is 18.6. The summed E-state index contributed by atoms with van der Waals surface area (Å²) in [5.74, 6) is 0. The van der Waals surface area contributed by atoms with Crippen LogP contribution in [0.1, 0.15) is 0 Å². The topological polar surface area (TPSA) is 4.93 Å². The number of fused-ring (bicyclic) bond motifs is 11. The van der Waals surface area contributed by atoms with Crippen LogP contribution in [0.2, 0.25) is 0 Å². The van der Waals surface area contributed by atoms with E-state index in [1.165, 1.54) is 150 Å². The molecule has 0 amide bonds. The van der Waals surface area contributed by atoms with E-state index in [2.05, 4.69) is 278 Å². The van der Waals surface area contributed by atoms with Crippen LogP contribution >= 0.6 is 22.7 Å². The van der Waals surface area contributed by atoms with Crippen molar-refractivity contribution in [3.05, 3.63) is 273 Å². The fraction of sp³-hybridized carbons (Fsp3) is 0. The molecule has 0 radical (unpaired) electrons. The number of benzene rings is 13. The SMILES string of the molecule is c1ccc(-c2c3ccccc3c(-c3ccc(-n4c5cc(-c6cccc7c6sc6c(-c8ccccc8)cccc67)ccc5c5ccc(-c6cccc7c6sc6c(-c8ccccc8)cccc67)cc54)cc3)c3ccccc23)cc1. The van der Waals surface area contributed by atoms with Gasteiger partial charge >= 0.3 is 0 Å². The maximum Gasteiger partial charge on any atom is 0.0547 e. The van der Waals surface area contributed by atoms with Gasteiger partial charge in [-0.2, -0.15) is 0 Å². The second-order valence-corrected chi connectivity index (χ2v) is 22.3. The number of aromatic nitrogens is 1. The minimum Gasteiger partial charge on any atom is -0.309 e. The van der Waals surface area contributed by atoms with Crippen LogP contribution in [0.4, 0.5) is 0 Å². The Balaban J connectivity index is 0.912. The Labute approximate surface area is 453 Å². The van der Waals surface area contributed by atoms with E-state index in [9.17, 15) is 0 Å². The zero-order valence-corrected chi connectivity index (χ0v) is 43.4. The molecule has 3 aromatic heterocycles. The summed E-state index contributed by atoms with van der Waals surface area (Å²) < 4.78 is 7.79. The maximum absolute atomic E-state index is 2.52. The molecule has 3 heteroatoms. The lowest BCUT2D eigenvalue weighted by molar-refractivity contribution is 1.18. The van der Waals surface area contributed by atoms with E-state index in [1.807, 2.05) is 22.7 Å². The van der Waals surface area contributed by atoms with Crippen molar-refractivity contribution in [2.45, 2.75) is 0 Å². The molecule has 77 heavy (non-hydrogen) atoms. The summed E-state index contributed by atoms with van der Waals surface area (Å²) in [4.78, 5) is 0. The van der Waals surface area contributed by atoms with E-state index >= 15 is 0 Å². The Kier molecular flexibility index (Phi) is 10.1. The molecule has 0 N–H and O–H groups in total. The lowest BCUT2D eigenvalue weighted by atomic mass is 9.86. The highest BCUT2D eigenvalue weighted by Crippen LogP contribution is 2.49. The molecule has 0 aliphatic rings. The fourth-order valence-electron chi connectivity index (χ4n) is 12.5. The second-order valence-electron chi connectivity index (χ2n) is 20.2. The Morgan fingerprint density at radius 1 is 0.208 bits per heavy atom. The van der Waals surface area contributed by atoms with Crippen molar-refractivity contribution in [2.24, 2.45) is 0 Å². The van der Waals surface area contributed by atoms with E-state index < -0.39 is 0 Å². The number of hydrogen-bond acceptors (Lipinski definition) is 2. The number of thiophene rings is 2. The first-order chi connectivity index (χ1) is 38.2. The van der Waals surface area contributed by atoms with Crippen LogP contribution in [-0.2, 0) is 0 Å². The minimum absolute atomic E-state index is 1.12. The van der Waals surface area contributed by atoms with Gasteiger partial charge in [0.1, 0.15) is 0 Å². The maximum atomic E-state index is 2.52. The van der Waals surface area contributed by atoms with Crippen molar-refractivity contribution in [1.29, 1.82) is 0 Å². The largest absolute Gasteiger partial charge is 0.309 e. The highest BCUT2D eigenvalue weighted by atomic mass is 32.1. The average molecular weight is 1010 g/mol. The van der Waals surface area contributed by atoms with Crippen LogP contribution in [-0.4, -0.2) is 4.57 Å². The smallest absolute Gasteiger partial charge is 0.0547 e. The molecule has 1 nitrogen and oxygen atoms in total. The molecule has 0 bridgehead atoms. The molecule has 0 fully saturated rings. The highest BCUT2D eigenvalue weighted by Gasteiger charge is 2.21. The number of rotatable bonds is 7. The third kappa shape index (κ3) is 6.91. The molecule has 0 spiro atoms. The number of hydrogen-bond donors (Lipinski definition) is 0. The van der Waals surface area contributed by atoms with Crippen molar-refractivity contribution in [1.82, 2.24) is 4.57 Å². The van der Waals surface area contributed by atoms with Gasteiger partial charge in [0.25, 0.3) is 0 Å². The van der Waals surface area contributed by atoms with E-state index in [0.717, 1.165) is 5.69 Å². The van der Waals surface area contributed by atoms with Gasteiger partial charge < -0.3 is 4.57 Å². The molecule has 16 aromatic rings. The zero-order valence-electron chi connectivity index (χ0n) is 41.7. The Morgan fingerprint density at radius 2 is 0.506 bits per heavy atom. The summed E-state index contributed by atoms with van der Waals surface area (Å²) in [6, 6.07) is 101. The van der Waals surface area contributed by atoms with Gasteiger partial charge in [0, 0.05) is 56.8 Å². The number of nitrogens with zero attached hydrogens (tertiary/aromatic N) is 1. The van der Waals surface area contributed by atoms with Gasteiger partial charge in [-0.25, -0.2) is 0 Å². The van der Waals surface area contributed by atoms with Crippen molar-refractivity contribution >= 4 is 106 Å². The van der Waals surface area contributed by atoms with Gasteiger partial charge in [-0.15, -0.1) is 22.7 Å². The molecule has 13 aromatic carbocycles. The molecular weight excluding hydrogens is 967 g/mol. The summed E-state index contributed by atoms with van der Waals surface area (Å²) in [5, 5.41) is 12.7. The Bertz CT molecular complexity index is 4730. The lowest BCUT2D eigenvalue weighted by Crippen LogP contribution is -1.95. The fourth-order valence-corrected chi connectivity index (χ4v) is 15.3. The van der Waals surface area contributed by atoms with Crippen LogP contribution in [0, 0.1) is 0 Å². The first-order valence-corrected chi connectivity index (χ1v) is 28.0. The quantitative estimate of drug-likeness (QED) is 0.140. The first kappa shape index (κ1) is 44.0. The lowest BCUT2D eigenvalue weighted by Gasteiger charge is -2.18. The van der Waals surface area contributed by atoms with Crippen LogP contribution in [0.25, 0.3) is 156 Å². The molecule has 3 heterocycles. The molecule has 0 unspecified atom stereocenters. The molecule has 0 atom stereocenters. The summed E-state index contributed by atoms with van der Waals surface area (Å²) in [6.45, 7) is 0. The Morgan fingerprint density at radius 3 is 0.883 bits per heavy atom. The summed E-state index contributed by atoms with van der Waals surface area (Å²) >= 11 is 3.82. The highest BCUT2D eigenvalue weighted by molar-refractivity contribution is 7.27. The van der Waals surface area contributed by atoms with E-state index in [0.29, 0.717) is 0 Å². The first-order valence-electron chi connectivity index (χ1n) is 26.4. The molecule has 0 saturated carbocycles. The van der Waals surface area contributed by atoms with Gasteiger partial charge in [-0.1, -0.05) is 249 Å². The minimum atomic E-state index is 1.12. The van der Waals surface area contributed by atoms with Crippen molar-refractivity contribution in [2.75, 3.05) is 0 Å². The molecule has 0 saturated heterocycles. The molecule has 358 valence electrons. The molecule has 0 aliphatic heterocycles. The molecule has 16 rings (SSSR count). The normalized spacial score (nSPS) is 11.9. The average Bonchev–Trinajstić information content (AvgIpc) is 4.27. The molecular formula is C74H45NS2. The van der Waals surface area contributed by atoms with Gasteiger partial charge in [0.2, 0.25) is 0 Å². The van der Waals surface area contributed by atoms with Crippen LogP contribution in [0.5, 0.6) is 0 Å². The molecule has 0 aliphatic carbocycles. The van der Waals surface area contributed by atoms with Crippen LogP contribution < -0.4 is 0 Å². The second kappa shape index (κ2) is 17.6. The van der Waals surface area contributed by atoms with Gasteiger partial charge in [0.15, 0.2) is 0 Å². The van der Waals surface area contributed by atoms with E-state index in [-0.39, 0.29) is 0 Å². The summed E-state index contributed by atoms with van der Waals surface area (Å²) in [5.41, 5.74) is 18.4. The van der Waals surface area contributed by atoms with Gasteiger partial charge in [-0.3, -0.25) is 0 Å². The summed E-state index contributed by atoms with van der Waals surface area (Å²) in [7, 11) is 0. The predicted molar refractivity (Wildman–Crippen MR) is 334 cm³/mol. The standard InChI is InChI=1S/C74H45NS2/c1-4-18-46(19-5-1)53-28-14-32-63-65-34-16-30-55(73(65)76-71(53)63)50-38-42-57-58-43-39-51(56-31-17-35-66-64-33-15-29-54(72(64)77-74(56)66)47-20-6-2-7-21-47)45-68(58)75(67(57)44-50)52-40-36-49(37-41-52)70-61-26-12-10-24-59(61)69(48-22-8-3-9-23-48)60-25-11-13-27-62(60)70/h1-45H. The van der Waals surface area contributed by atoms with Gasteiger partial charge in [-0.05, 0) is 113 Å².